The van der Waals surface area contributed by atoms with Gasteiger partial charge in [-0.2, -0.15) is 0 Å². The van der Waals surface area contributed by atoms with Crippen molar-refractivity contribution in [1.82, 2.24) is 0 Å². The maximum Gasteiger partial charge on any atom is 0.141 e. The summed E-state index contributed by atoms with van der Waals surface area (Å²) in [4.78, 5) is 0. The molecule has 1 aromatic heterocycles. The summed E-state index contributed by atoms with van der Waals surface area (Å²) in [6, 6.07) is 6.02. The molecule has 0 unspecified atom stereocenters. The van der Waals surface area contributed by atoms with Gasteiger partial charge in [0.15, 0.2) is 0 Å². The van der Waals surface area contributed by atoms with Gasteiger partial charge < -0.3 is 0 Å². The molecule has 0 spiro atoms. The van der Waals surface area contributed by atoms with E-state index in [1.165, 1.54) is 16.9 Å². The van der Waals surface area contributed by atoms with Gasteiger partial charge in [-0.1, -0.05) is 19.9 Å². The van der Waals surface area contributed by atoms with Crippen molar-refractivity contribution in [3.05, 3.63) is 35.0 Å². The van der Waals surface area contributed by atoms with Gasteiger partial charge in [0, 0.05) is 15.5 Å². The molecular formula is C11H11FS. The quantitative estimate of drug-likeness (QED) is 0.639. The van der Waals surface area contributed by atoms with E-state index in [0.29, 0.717) is 5.92 Å². The first-order valence-electron chi connectivity index (χ1n) is 4.35. The molecule has 0 nitrogen and oxygen atoms in total. The molecule has 1 aromatic carbocycles. The third-order valence-electron chi connectivity index (χ3n) is 2.22. The van der Waals surface area contributed by atoms with Crippen molar-refractivity contribution in [2.75, 3.05) is 0 Å². The van der Waals surface area contributed by atoms with Crippen LogP contribution in [0.15, 0.2) is 23.6 Å². The molecule has 0 N–H and O–H groups in total. The molecule has 2 aromatic rings. The fourth-order valence-corrected chi connectivity index (χ4v) is 2.16. The molecule has 0 aliphatic rings. The van der Waals surface area contributed by atoms with E-state index in [-0.39, 0.29) is 5.82 Å². The summed E-state index contributed by atoms with van der Waals surface area (Å²) in [5.41, 5.74) is 1.20. The Labute approximate surface area is 81.0 Å². The SMILES string of the molecule is CC(C)c1ccc2scc(F)c2c1. The zero-order valence-electron chi connectivity index (χ0n) is 7.67. The summed E-state index contributed by atoms with van der Waals surface area (Å²) in [7, 11) is 0. The normalized spacial score (nSPS) is 11.4. The lowest BCUT2D eigenvalue weighted by atomic mass is 10.0. The van der Waals surface area contributed by atoms with Crippen LogP contribution in [0.5, 0.6) is 0 Å². The van der Waals surface area contributed by atoms with Crippen LogP contribution in [0.4, 0.5) is 4.39 Å². The number of hydrogen-bond acceptors (Lipinski definition) is 1. The van der Waals surface area contributed by atoms with Crippen molar-refractivity contribution >= 4 is 21.4 Å². The van der Waals surface area contributed by atoms with E-state index in [0.717, 1.165) is 10.1 Å². The minimum Gasteiger partial charge on any atom is -0.205 e. The Hall–Kier alpha value is -0.890. The largest absolute Gasteiger partial charge is 0.205 e. The molecule has 0 aliphatic carbocycles. The molecule has 0 bridgehead atoms. The maximum absolute atomic E-state index is 13.2. The standard InChI is InChI=1S/C11H11FS/c1-7(2)8-3-4-11-9(5-8)10(12)6-13-11/h3-7H,1-2H3. The lowest BCUT2D eigenvalue weighted by molar-refractivity contribution is 0.644. The topological polar surface area (TPSA) is 0 Å². The molecule has 0 fully saturated rings. The van der Waals surface area contributed by atoms with Crippen LogP contribution in [0.1, 0.15) is 25.3 Å². The van der Waals surface area contributed by atoms with E-state index in [9.17, 15) is 4.39 Å². The second kappa shape index (κ2) is 3.11. The number of rotatable bonds is 1. The van der Waals surface area contributed by atoms with Crippen LogP contribution in [0.3, 0.4) is 0 Å². The van der Waals surface area contributed by atoms with E-state index in [2.05, 4.69) is 19.9 Å². The number of fused-ring (bicyclic) bond motifs is 1. The van der Waals surface area contributed by atoms with Gasteiger partial charge in [-0.3, -0.25) is 0 Å². The third-order valence-corrected chi connectivity index (χ3v) is 3.15. The zero-order valence-corrected chi connectivity index (χ0v) is 8.49. The monoisotopic (exact) mass is 194 g/mol. The van der Waals surface area contributed by atoms with E-state index in [1.54, 1.807) is 5.38 Å². The number of halogens is 1. The molecule has 0 saturated heterocycles. The predicted molar refractivity (Wildman–Crippen MR) is 55.9 cm³/mol. The molecule has 68 valence electrons. The van der Waals surface area contributed by atoms with Gasteiger partial charge in [0.2, 0.25) is 0 Å². The average molecular weight is 194 g/mol. The minimum atomic E-state index is -0.0949. The Morgan fingerprint density at radius 2 is 2.08 bits per heavy atom. The minimum absolute atomic E-state index is 0.0949. The zero-order chi connectivity index (χ0) is 9.42. The highest BCUT2D eigenvalue weighted by molar-refractivity contribution is 7.17. The Balaban J connectivity index is 2.66. The van der Waals surface area contributed by atoms with Crippen LogP contribution < -0.4 is 0 Å². The van der Waals surface area contributed by atoms with Gasteiger partial charge in [-0.05, 0) is 23.6 Å². The Morgan fingerprint density at radius 3 is 2.77 bits per heavy atom. The van der Waals surface area contributed by atoms with Gasteiger partial charge in [-0.25, -0.2) is 4.39 Å². The highest BCUT2D eigenvalue weighted by atomic mass is 32.1. The Kier molecular flexibility index (Phi) is 2.08. The van der Waals surface area contributed by atoms with Crippen LogP contribution in [-0.4, -0.2) is 0 Å². The summed E-state index contributed by atoms with van der Waals surface area (Å²) in [5.74, 6) is 0.367. The summed E-state index contributed by atoms with van der Waals surface area (Å²) in [6.07, 6.45) is 0. The van der Waals surface area contributed by atoms with E-state index in [4.69, 9.17) is 0 Å². The number of hydrogen-bond donors (Lipinski definition) is 0. The van der Waals surface area contributed by atoms with Gasteiger partial charge in [-0.15, -0.1) is 11.3 Å². The summed E-state index contributed by atoms with van der Waals surface area (Å²) in [6.45, 7) is 4.23. The van der Waals surface area contributed by atoms with E-state index in [1.807, 2.05) is 12.1 Å². The van der Waals surface area contributed by atoms with Gasteiger partial charge in [0.05, 0.1) is 0 Å². The van der Waals surface area contributed by atoms with Crippen LogP contribution in [0, 0.1) is 5.82 Å². The first kappa shape index (κ1) is 8.70. The lowest BCUT2D eigenvalue weighted by Gasteiger charge is -2.04. The highest BCUT2D eigenvalue weighted by Crippen LogP contribution is 2.27. The van der Waals surface area contributed by atoms with Gasteiger partial charge in [0.1, 0.15) is 5.82 Å². The molecule has 0 atom stereocenters. The molecule has 2 heteroatoms. The maximum atomic E-state index is 13.2. The molecule has 0 saturated carbocycles. The number of thiophene rings is 1. The fraction of sp³-hybridized carbons (Fsp3) is 0.273. The predicted octanol–water partition coefficient (Wildman–Crippen LogP) is 4.16. The van der Waals surface area contributed by atoms with Crippen molar-refractivity contribution in [3.8, 4) is 0 Å². The van der Waals surface area contributed by atoms with Crippen LogP contribution >= 0.6 is 11.3 Å². The van der Waals surface area contributed by atoms with Crippen molar-refractivity contribution in [2.24, 2.45) is 0 Å². The summed E-state index contributed by atoms with van der Waals surface area (Å²) < 4.78 is 14.2. The summed E-state index contributed by atoms with van der Waals surface area (Å²) >= 11 is 1.46. The van der Waals surface area contributed by atoms with Crippen molar-refractivity contribution in [1.29, 1.82) is 0 Å². The molecule has 0 aliphatic heterocycles. The number of benzene rings is 1. The van der Waals surface area contributed by atoms with E-state index < -0.39 is 0 Å². The third kappa shape index (κ3) is 1.46. The Bertz CT molecular complexity index is 429. The van der Waals surface area contributed by atoms with Crippen LogP contribution in [0.25, 0.3) is 10.1 Å². The second-order valence-electron chi connectivity index (χ2n) is 3.49. The first-order valence-corrected chi connectivity index (χ1v) is 5.23. The second-order valence-corrected chi connectivity index (χ2v) is 4.41. The molecule has 2 rings (SSSR count). The molecule has 13 heavy (non-hydrogen) atoms. The van der Waals surface area contributed by atoms with Gasteiger partial charge in [0.25, 0.3) is 0 Å². The van der Waals surface area contributed by atoms with Gasteiger partial charge >= 0.3 is 0 Å². The smallest absolute Gasteiger partial charge is 0.141 e. The molecule has 0 radical (unpaired) electrons. The van der Waals surface area contributed by atoms with Crippen LogP contribution in [-0.2, 0) is 0 Å². The Morgan fingerprint density at radius 1 is 1.31 bits per heavy atom. The first-order chi connectivity index (χ1) is 6.18. The lowest BCUT2D eigenvalue weighted by Crippen LogP contribution is -1.85. The summed E-state index contributed by atoms with van der Waals surface area (Å²) in [5, 5.41) is 2.32. The highest BCUT2D eigenvalue weighted by Gasteiger charge is 2.05. The molecule has 0 amide bonds. The van der Waals surface area contributed by atoms with Crippen molar-refractivity contribution in [2.45, 2.75) is 19.8 Å². The molecule has 1 heterocycles. The van der Waals surface area contributed by atoms with Crippen molar-refractivity contribution in [3.63, 3.8) is 0 Å². The van der Waals surface area contributed by atoms with Crippen molar-refractivity contribution < 1.29 is 4.39 Å². The fourth-order valence-electron chi connectivity index (χ4n) is 1.37. The van der Waals surface area contributed by atoms with Crippen LogP contribution in [0.2, 0.25) is 0 Å². The van der Waals surface area contributed by atoms with E-state index >= 15 is 0 Å². The average Bonchev–Trinajstić information content (AvgIpc) is 2.47. The molecular weight excluding hydrogens is 183 g/mol.